The van der Waals surface area contributed by atoms with E-state index in [1.54, 1.807) is 13.0 Å². The molecule has 0 aliphatic carbocycles. The molecule has 1 aromatic rings. The fraction of sp³-hybridized carbons (Fsp3) is 0.417. The second-order valence-corrected chi connectivity index (χ2v) is 4.59. The number of rotatable bonds is 1. The predicted molar refractivity (Wildman–Crippen MR) is 59.8 cm³/mol. The molecule has 1 aliphatic rings. The summed E-state index contributed by atoms with van der Waals surface area (Å²) in [6.07, 6.45) is 0. The van der Waals surface area contributed by atoms with Crippen LogP contribution in [0.2, 0.25) is 0 Å². The van der Waals surface area contributed by atoms with Crippen molar-refractivity contribution in [3.63, 3.8) is 0 Å². The molecule has 15 heavy (non-hydrogen) atoms. The SMILES string of the molecule is Cc1c(F)cccc1C1=NCC(C)(C)N1. The van der Waals surface area contributed by atoms with Gasteiger partial charge in [0.1, 0.15) is 11.7 Å². The van der Waals surface area contributed by atoms with Gasteiger partial charge in [0.25, 0.3) is 0 Å². The van der Waals surface area contributed by atoms with Crippen LogP contribution in [0, 0.1) is 12.7 Å². The van der Waals surface area contributed by atoms with Crippen LogP contribution in [0.4, 0.5) is 4.39 Å². The molecule has 0 fully saturated rings. The zero-order chi connectivity index (χ0) is 11.1. The van der Waals surface area contributed by atoms with Crippen molar-refractivity contribution in [3.05, 3.63) is 35.1 Å². The van der Waals surface area contributed by atoms with Crippen LogP contribution in [0.3, 0.4) is 0 Å². The van der Waals surface area contributed by atoms with Crippen LogP contribution in [0.1, 0.15) is 25.0 Å². The quantitative estimate of drug-likeness (QED) is 0.749. The van der Waals surface area contributed by atoms with Gasteiger partial charge in [-0.25, -0.2) is 4.39 Å². The van der Waals surface area contributed by atoms with Crippen molar-refractivity contribution in [2.45, 2.75) is 26.3 Å². The highest BCUT2D eigenvalue weighted by molar-refractivity contribution is 6.01. The van der Waals surface area contributed by atoms with Crippen molar-refractivity contribution in [1.82, 2.24) is 5.32 Å². The lowest BCUT2D eigenvalue weighted by molar-refractivity contribution is 0.506. The fourth-order valence-corrected chi connectivity index (χ4v) is 1.69. The second kappa shape index (κ2) is 3.33. The Morgan fingerprint density at radius 3 is 2.73 bits per heavy atom. The van der Waals surface area contributed by atoms with Crippen LogP contribution in [-0.4, -0.2) is 17.9 Å². The summed E-state index contributed by atoms with van der Waals surface area (Å²) in [6.45, 7) is 6.68. The topological polar surface area (TPSA) is 24.4 Å². The van der Waals surface area contributed by atoms with E-state index in [0.29, 0.717) is 5.56 Å². The van der Waals surface area contributed by atoms with E-state index in [9.17, 15) is 4.39 Å². The highest BCUT2D eigenvalue weighted by atomic mass is 19.1. The van der Waals surface area contributed by atoms with Crippen molar-refractivity contribution in [2.24, 2.45) is 4.99 Å². The number of halogens is 1. The molecule has 0 saturated heterocycles. The van der Waals surface area contributed by atoms with Crippen molar-refractivity contribution in [3.8, 4) is 0 Å². The van der Waals surface area contributed by atoms with Gasteiger partial charge < -0.3 is 5.32 Å². The minimum Gasteiger partial charge on any atom is -0.363 e. The first kappa shape index (κ1) is 10.1. The Balaban J connectivity index is 2.36. The molecule has 3 heteroatoms. The van der Waals surface area contributed by atoms with E-state index in [1.807, 2.05) is 6.07 Å². The summed E-state index contributed by atoms with van der Waals surface area (Å²) in [7, 11) is 0. The van der Waals surface area contributed by atoms with Gasteiger partial charge in [-0.1, -0.05) is 12.1 Å². The number of aliphatic imine (C=N–C) groups is 1. The molecule has 0 atom stereocenters. The maximum absolute atomic E-state index is 13.3. The maximum atomic E-state index is 13.3. The standard InChI is InChI=1S/C12H15FN2/c1-8-9(5-4-6-10(8)13)11-14-7-12(2,3)15-11/h4-6H,7H2,1-3H3,(H,14,15). The lowest BCUT2D eigenvalue weighted by Gasteiger charge is -2.18. The molecule has 0 saturated carbocycles. The van der Waals surface area contributed by atoms with E-state index in [4.69, 9.17) is 0 Å². The Hall–Kier alpha value is -1.38. The number of nitrogens with one attached hydrogen (secondary N) is 1. The highest BCUT2D eigenvalue weighted by Crippen LogP contribution is 2.18. The Morgan fingerprint density at radius 1 is 1.40 bits per heavy atom. The van der Waals surface area contributed by atoms with Gasteiger partial charge in [-0.2, -0.15) is 0 Å². The number of amidine groups is 1. The molecule has 2 nitrogen and oxygen atoms in total. The molecular formula is C12H15FN2. The summed E-state index contributed by atoms with van der Waals surface area (Å²) in [5, 5.41) is 3.30. The van der Waals surface area contributed by atoms with Gasteiger partial charge in [0.15, 0.2) is 0 Å². The monoisotopic (exact) mass is 206 g/mol. The number of hydrogen-bond donors (Lipinski definition) is 1. The molecule has 0 amide bonds. The van der Waals surface area contributed by atoms with Crippen molar-refractivity contribution in [2.75, 3.05) is 6.54 Å². The summed E-state index contributed by atoms with van der Waals surface area (Å²) < 4.78 is 13.3. The van der Waals surface area contributed by atoms with Crippen LogP contribution in [0.5, 0.6) is 0 Å². The number of nitrogens with zero attached hydrogens (tertiary/aromatic N) is 1. The summed E-state index contributed by atoms with van der Waals surface area (Å²) in [5.41, 5.74) is 1.50. The van der Waals surface area contributed by atoms with Crippen LogP contribution >= 0.6 is 0 Å². The van der Waals surface area contributed by atoms with Crippen LogP contribution in [0.15, 0.2) is 23.2 Å². The summed E-state index contributed by atoms with van der Waals surface area (Å²) in [4.78, 5) is 4.40. The summed E-state index contributed by atoms with van der Waals surface area (Å²) in [5.74, 6) is 0.624. The van der Waals surface area contributed by atoms with Gasteiger partial charge in [0, 0.05) is 5.56 Å². The maximum Gasteiger partial charge on any atom is 0.129 e. The molecule has 1 aromatic carbocycles. The smallest absolute Gasteiger partial charge is 0.129 e. The van der Waals surface area contributed by atoms with E-state index in [0.717, 1.165) is 17.9 Å². The van der Waals surface area contributed by atoms with E-state index in [1.165, 1.54) is 6.07 Å². The Bertz CT molecular complexity index is 422. The number of benzene rings is 1. The van der Waals surface area contributed by atoms with E-state index in [2.05, 4.69) is 24.2 Å². The van der Waals surface area contributed by atoms with Gasteiger partial charge in [0.05, 0.1) is 12.1 Å². The first-order chi connectivity index (χ1) is 6.99. The minimum atomic E-state index is -0.179. The Kier molecular flexibility index (Phi) is 2.25. The van der Waals surface area contributed by atoms with Crippen molar-refractivity contribution < 1.29 is 4.39 Å². The van der Waals surface area contributed by atoms with Crippen LogP contribution in [0.25, 0.3) is 0 Å². The third kappa shape index (κ3) is 1.87. The van der Waals surface area contributed by atoms with Gasteiger partial charge in [-0.3, -0.25) is 4.99 Å². The molecule has 0 bridgehead atoms. The molecule has 1 heterocycles. The van der Waals surface area contributed by atoms with Gasteiger partial charge >= 0.3 is 0 Å². The molecule has 2 rings (SSSR count). The first-order valence-electron chi connectivity index (χ1n) is 5.08. The largest absolute Gasteiger partial charge is 0.363 e. The average Bonchev–Trinajstić information content (AvgIpc) is 2.51. The summed E-state index contributed by atoms with van der Waals surface area (Å²) >= 11 is 0. The van der Waals surface area contributed by atoms with Crippen LogP contribution < -0.4 is 5.32 Å². The molecule has 0 aromatic heterocycles. The molecule has 0 spiro atoms. The highest BCUT2D eigenvalue weighted by Gasteiger charge is 2.26. The van der Waals surface area contributed by atoms with E-state index < -0.39 is 0 Å². The third-order valence-electron chi connectivity index (χ3n) is 2.61. The normalized spacial score (nSPS) is 18.5. The van der Waals surface area contributed by atoms with Gasteiger partial charge in [0.2, 0.25) is 0 Å². The van der Waals surface area contributed by atoms with Crippen molar-refractivity contribution in [1.29, 1.82) is 0 Å². The lowest BCUT2D eigenvalue weighted by atomic mass is 10.1. The second-order valence-electron chi connectivity index (χ2n) is 4.59. The molecule has 1 aliphatic heterocycles. The van der Waals surface area contributed by atoms with Gasteiger partial charge in [-0.15, -0.1) is 0 Å². The molecule has 0 radical (unpaired) electrons. The summed E-state index contributed by atoms with van der Waals surface area (Å²) in [6, 6.07) is 5.08. The zero-order valence-corrected chi connectivity index (χ0v) is 9.26. The minimum absolute atomic E-state index is 0.0198. The number of hydrogen-bond acceptors (Lipinski definition) is 2. The Morgan fingerprint density at radius 2 is 2.13 bits per heavy atom. The van der Waals surface area contributed by atoms with Crippen LogP contribution in [-0.2, 0) is 0 Å². The average molecular weight is 206 g/mol. The lowest BCUT2D eigenvalue weighted by Crippen LogP contribution is -2.40. The van der Waals surface area contributed by atoms with Gasteiger partial charge in [-0.05, 0) is 32.4 Å². The molecule has 80 valence electrons. The predicted octanol–water partition coefficient (Wildman–Crippen LogP) is 2.26. The zero-order valence-electron chi connectivity index (χ0n) is 9.26. The first-order valence-corrected chi connectivity index (χ1v) is 5.08. The van der Waals surface area contributed by atoms with E-state index >= 15 is 0 Å². The van der Waals surface area contributed by atoms with Crippen molar-refractivity contribution >= 4 is 5.84 Å². The molecular weight excluding hydrogens is 191 g/mol. The van der Waals surface area contributed by atoms with E-state index in [-0.39, 0.29) is 11.4 Å². The Labute approximate surface area is 89.2 Å². The fourth-order valence-electron chi connectivity index (χ4n) is 1.69. The molecule has 1 N–H and O–H groups in total. The molecule has 0 unspecified atom stereocenters. The third-order valence-corrected chi connectivity index (χ3v) is 2.61.